The topological polar surface area (TPSA) is 64.4 Å². The first-order valence-electron chi connectivity index (χ1n) is 3.97. The molecule has 0 fully saturated rings. The summed E-state index contributed by atoms with van der Waals surface area (Å²) in [6.07, 6.45) is 1.90. The van der Waals surface area contributed by atoms with Crippen LogP contribution in [0.2, 0.25) is 0 Å². The van der Waals surface area contributed by atoms with Crippen LogP contribution >= 0.6 is 0 Å². The molecule has 72 valence electrons. The second-order valence-corrected chi connectivity index (χ2v) is 2.76. The zero-order valence-electron chi connectivity index (χ0n) is 7.47. The van der Waals surface area contributed by atoms with Gasteiger partial charge in [0.05, 0.1) is 13.3 Å². The molecule has 0 aliphatic carbocycles. The van der Waals surface area contributed by atoms with Crippen LogP contribution in [0.5, 0.6) is 5.75 Å². The molecule has 2 rings (SSSR count). The highest BCUT2D eigenvalue weighted by Crippen LogP contribution is 2.18. The predicted octanol–water partition coefficient (Wildman–Crippen LogP) is 1.57. The first-order valence-corrected chi connectivity index (χ1v) is 3.97. The molecule has 0 saturated heterocycles. The van der Waals surface area contributed by atoms with Gasteiger partial charge in [0.25, 0.3) is 0 Å². The van der Waals surface area contributed by atoms with Gasteiger partial charge in [-0.3, -0.25) is 0 Å². The van der Waals surface area contributed by atoms with E-state index in [-0.39, 0.29) is 0 Å². The van der Waals surface area contributed by atoms with Gasteiger partial charge < -0.3 is 9.84 Å². The summed E-state index contributed by atoms with van der Waals surface area (Å²) >= 11 is 0. The SMILES string of the molecule is COc1cnc2c(ccn2C(=O)O)c1. The van der Waals surface area contributed by atoms with E-state index in [1.807, 2.05) is 0 Å². The van der Waals surface area contributed by atoms with Crippen molar-refractivity contribution in [2.45, 2.75) is 0 Å². The Kier molecular flexibility index (Phi) is 1.85. The lowest BCUT2D eigenvalue weighted by Crippen LogP contribution is -2.06. The van der Waals surface area contributed by atoms with Gasteiger partial charge in [-0.1, -0.05) is 0 Å². The molecule has 0 unspecified atom stereocenters. The average molecular weight is 192 g/mol. The summed E-state index contributed by atoms with van der Waals surface area (Å²) in [6, 6.07) is 3.42. The van der Waals surface area contributed by atoms with Gasteiger partial charge in [0, 0.05) is 11.6 Å². The summed E-state index contributed by atoms with van der Waals surface area (Å²) in [7, 11) is 1.54. The van der Waals surface area contributed by atoms with Crippen LogP contribution in [-0.4, -0.2) is 27.9 Å². The van der Waals surface area contributed by atoms with Gasteiger partial charge in [0.2, 0.25) is 0 Å². The van der Waals surface area contributed by atoms with Crippen LogP contribution in [0.4, 0.5) is 4.79 Å². The highest BCUT2D eigenvalue weighted by Gasteiger charge is 2.08. The Labute approximate surface area is 79.6 Å². The second-order valence-electron chi connectivity index (χ2n) is 2.76. The van der Waals surface area contributed by atoms with Crippen molar-refractivity contribution in [3.05, 3.63) is 24.5 Å². The van der Waals surface area contributed by atoms with Gasteiger partial charge >= 0.3 is 6.09 Å². The third kappa shape index (κ3) is 1.19. The quantitative estimate of drug-likeness (QED) is 0.744. The van der Waals surface area contributed by atoms with Crippen molar-refractivity contribution in [1.82, 2.24) is 9.55 Å². The molecule has 1 N–H and O–H groups in total. The fourth-order valence-electron chi connectivity index (χ4n) is 1.27. The lowest BCUT2D eigenvalue weighted by atomic mass is 10.3. The zero-order chi connectivity index (χ0) is 10.1. The molecule has 0 aliphatic rings. The van der Waals surface area contributed by atoms with Crippen molar-refractivity contribution in [3.8, 4) is 5.75 Å². The minimum atomic E-state index is -1.04. The summed E-state index contributed by atoms with van der Waals surface area (Å²) in [5.74, 6) is 0.612. The van der Waals surface area contributed by atoms with E-state index in [2.05, 4.69) is 4.98 Å². The number of carbonyl (C=O) groups is 1. The highest BCUT2D eigenvalue weighted by molar-refractivity contribution is 5.86. The van der Waals surface area contributed by atoms with Gasteiger partial charge in [-0.05, 0) is 12.1 Å². The van der Waals surface area contributed by atoms with Crippen LogP contribution in [-0.2, 0) is 0 Å². The van der Waals surface area contributed by atoms with Crippen LogP contribution in [0.1, 0.15) is 0 Å². The molecular formula is C9H8N2O3. The van der Waals surface area contributed by atoms with Crippen molar-refractivity contribution in [2.24, 2.45) is 0 Å². The van der Waals surface area contributed by atoms with Gasteiger partial charge in [-0.25, -0.2) is 14.3 Å². The lowest BCUT2D eigenvalue weighted by molar-refractivity contribution is 0.197. The summed E-state index contributed by atoms with van der Waals surface area (Å²) < 4.78 is 6.04. The van der Waals surface area contributed by atoms with E-state index in [9.17, 15) is 4.79 Å². The van der Waals surface area contributed by atoms with Gasteiger partial charge in [-0.2, -0.15) is 0 Å². The Morgan fingerprint density at radius 3 is 3.07 bits per heavy atom. The maximum absolute atomic E-state index is 10.7. The Bertz CT molecular complexity index is 490. The molecule has 0 aromatic carbocycles. The molecule has 0 spiro atoms. The van der Waals surface area contributed by atoms with Crippen LogP contribution in [0.3, 0.4) is 0 Å². The number of ether oxygens (including phenoxy) is 1. The van der Waals surface area contributed by atoms with Crippen molar-refractivity contribution in [2.75, 3.05) is 7.11 Å². The fourth-order valence-corrected chi connectivity index (χ4v) is 1.27. The van der Waals surface area contributed by atoms with E-state index in [4.69, 9.17) is 9.84 Å². The van der Waals surface area contributed by atoms with E-state index in [0.717, 1.165) is 9.95 Å². The summed E-state index contributed by atoms with van der Waals surface area (Å²) in [4.78, 5) is 14.7. The number of carboxylic acid groups (broad SMARTS) is 1. The summed E-state index contributed by atoms with van der Waals surface area (Å²) in [5.41, 5.74) is 0.415. The minimum absolute atomic E-state index is 0.415. The van der Waals surface area contributed by atoms with Crippen molar-refractivity contribution in [3.63, 3.8) is 0 Å². The lowest BCUT2D eigenvalue weighted by Gasteiger charge is -1.99. The van der Waals surface area contributed by atoms with E-state index < -0.39 is 6.09 Å². The molecule has 2 heterocycles. The Morgan fingerprint density at radius 2 is 2.43 bits per heavy atom. The molecule has 14 heavy (non-hydrogen) atoms. The first-order chi connectivity index (χ1) is 6.72. The zero-order valence-corrected chi connectivity index (χ0v) is 7.47. The molecule has 5 nitrogen and oxygen atoms in total. The summed E-state index contributed by atoms with van der Waals surface area (Å²) in [6.45, 7) is 0. The van der Waals surface area contributed by atoms with Crippen LogP contribution < -0.4 is 4.74 Å². The molecule has 0 amide bonds. The minimum Gasteiger partial charge on any atom is -0.495 e. The third-order valence-electron chi connectivity index (χ3n) is 1.94. The van der Waals surface area contributed by atoms with E-state index in [1.54, 1.807) is 12.1 Å². The van der Waals surface area contributed by atoms with Crippen LogP contribution in [0.25, 0.3) is 11.0 Å². The third-order valence-corrected chi connectivity index (χ3v) is 1.94. The first kappa shape index (κ1) is 8.55. The highest BCUT2D eigenvalue weighted by atomic mass is 16.5. The van der Waals surface area contributed by atoms with Crippen molar-refractivity contribution < 1.29 is 14.6 Å². The van der Waals surface area contributed by atoms with Crippen LogP contribution in [0, 0.1) is 0 Å². The second kappa shape index (κ2) is 3.02. The summed E-state index contributed by atoms with van der Waals surface area (Å²) in [5, 5.41) is 9.53. The van der Waals surface area contributed by atoms with Crippen molar-refractivity contribution in [1.29, 1.82) is 0 Å². The monoisotopic (exact) mass is 192 g/mol. The Morgan fingerprint density at radius 1 is 1.64 bits per heavy atom. The van der Waals surface area contributed by atoms with Crippen molar-refractivity contribution >= 4 is 17.1 Å². The van der Waals surface area contributed by atoms with Crippen LogP contribution in [0.15, 0.2) is 24.5 Å². The number of hydrogen-bond donors (Lipinski definition) is 1. The Balaban J connectivity index is 2.65. The number of hydrogen-bond acceptors (Lipinski definition) is 3. The largest absolute Gasteiger partial charge is 0.495 e. The van der Waals surface area contributed by atoms with E-state index in [1.165, 1.54) is 19.5 Å². The smallest absolute Gasteiger partial charge is 0.417 e. The molecule has 0 aliphatic heterocycles. The number of pyridine rings is 1. The van der Waals surface area contributed by atoms with Gasteiger partial charge in [-0.15, -0.1) is 0 Å². The standard InChI is InChI=1S/C9H8N2O3/c1-14-7-4-6-2-3-11(9(12)13)8(6)10-5-7/h2-5H,1H3,(H,12,13). The van der Waals surface area contributed by atoms with Gasteiger partial charge in [0.15, 0.2) is 0 Å². The number of methoxy groups -OCH3 is 1. The molecule has 0 radical (unpaired) electrons. The van der Waals surface area contributed by atoms with E-state index in [0.29, 0.717) is 11.4 Å². The number of rotatable bonds is 1. The molecule has 0 bridgehead atoms. The molecular weight excluding hydrogens is 184 g/mol. The predicted molar refractivity (Wildman–Crippen MR) is 49.7 cm³/mol. The molecule has 2 aromatic rings. The number of aromatic nitrogens is 2. The van der Waals surface area contributed by atoms with Gasteiger partial charge in [0.1, 0.15) is 11.4 Å². The number of nitrogens with zero attached hydrogens (tertiary/aromatic N) is 2. The maximum atomic E-state index is 10.7. The molecule has 5 heteroatoms. The molecule has 0 saturated carbocycles. The Hall–Kier alpha value is -2.04. The fraction of sp³-hybridized carbons (Fsp3) is 0.111. The molecule has 0 atom stereocenters. The molecule has 2 aromatic heterocycles. The number of fused-ring (bicyclic) bond motifs is 1. The normalized spacial score (nSPS) is 10.4. The average Bonchev–Trinajstić information content (AvgIpc) is 2.59. The van der Waals surface area contributed by atoms with E-state index >= 15 is 0 Å². The maximum Gasteiger partial charge on any atom is 0.417 e.